The van der Waals surface area contributed by atoms with Gasteiger partial charge in [-0.2, -0.15) is 0 Å². The van der Waals surface area contributed by atoms with Crippen molar-refractivity contribution in [3.8, 4) is 0 Å². The van der Waals surface area contributed by atoms with Crippen LogP contribution in [0.3, 0.4) is 0 Å². The maximum atomic E-state index is 11.5. The number of halogens is 2. The normalized spacial score (nSPS) is 16.0. The lowest BCUT2D eigenvalue weighted by molar-refractivity contribution is -0.145. The number of nitrogens with two attached hydrogens (primary N) is 1. The molecule has 0 aromatic heterocycles. The van der Waals surface area contributed by atoms with Crippen LogP contribution < -0.4 is 5.73 Å². The van der Waals surface area contributed by atoms with Gasteiger partial charge in [-0.25, -0.2) is 0 Å². The molecular formula is C14H17Cl2N3O2. The maximum Gasteiger partial charge on any atom is 0.311 e. The Kier molecular flexibility index (Phi) is 5.45. The second-order valence-electron chi connectivity index (χ2n) is 5.00. The molecule has 0 spiro atoms. The Hall–Kier alpha value is -1.30. The van der Waals surface area contributed by atoms with Crippen LogP contribution in [-0.4, -0.2) is 54.3 Å². The van der Waals surface area contributed by atoms with Crippen LogP contribution in [0.4, 0.5) is 0 Å². The van der Waals surface area contributed by atoms with Crippen LogP contribution in [0.25, 0.3) is 0 Å². The minimum Gasteiger partial charge on any atom is -0.361 e. The number of rotatable bonds is 3. The average Bonchev–Trinajstić information content (AvgIpc) is 2.48. The molecule has 0 bridgehead atoms. The molecule has 2 rings (SSSR count). The van der Waals surface area contributed by atoms with Gasteiger partial charge in [0.1, 0.15) is 0 Å². The van der Waals surface area contributed by atoms with E-state index in [1.165, 1.54) is 4.90 Å². The Labute approximate surface area is 133 Å². The first kappa shape index (κ1) is 16.1. The van der Waals surface area contributed by atoms with E-state index in [0.717, 1.165) is 31.6 Å². The van der Waals surface area contributed by atoms with E-state index in [1.807, 2.05) is 12.1 Å². The van der Waals surface area contributed by atoms with E-state index < -0.39 is 11.8 Å². The lowest BCUT2D eigenvalue weighted by atomic mass is 10.1. The Balaban J connectivity index is 1.80. The molecule has 0 saturated carbocycles. The molecule has 114 valence electrons. The minimum absolute atomic E-state index is 0.531. The van der Waals surface area contributed by atoms with Crippen molar-refractivity contribution in [1.29, 1.82) is 0 Å². The highest BCUT2D eigenvalue weighted by molar-refractivity contribution is 6.42. The smallest absolute Gasteiger partial charge is 0.311 e. The summed E-state index contributed by atoms with van der Waals surface area (Å²) in [6.45, 7) is 3.41. The summed E-state index contributed by atoms with van der Waals surface area (Å²) in [5, 5.41) is 1.12. The van der Waals surface area contributed by atoms with E-state index in [9.17, 15) is 9.59 Å². The van der Waals surface area contributed by atoms with Crippen molar-refractivity contribution in [2.45, 2.75) is 6.42 Å². The fourth-order valence-electron chi connectivity index (χ4n) is 2.31. The summed E-state index contributed by atoms with van der Waals surface area (Å²) >= 11 is 11.9. The van der Waals surface area contributed by atoms with Gasteiger partial charge in [0, 0.05) is 32.7 Å². The number of hydrogen-bond donors (Lipinski definition) is 1. The van der Waals surface area contributed by atoms with Crippen LogP contribution in [0.2, 0.25) is 10.0 Å². The fourth-order valence-corrected chi connectivity index (χ4v) is 2.63. The Morgan fingerprint density at radius 1 is 1.10 bits per heavy atom. The number of benzene rings is 1. The first-order valence-corrected chi connectivity index (χ1v) is 7.48. The van der Waals surface area contributed by atoms with Crippen LogP contribution >= 0.6 is 23.2 Å². The molecule has 0 unspecified atom stereocenters. The third kappa shape index (κ3) is 4.33. The minimum atomic E-state index is -0.890. The molecule has 1 aromatic rings. The number of carbonyl (C=O) groups excluding carboxylic acids is 2. The molecule has 1 fully saturated rings. The molecule has 1 heterocycles. The van der Waals surface area contributed by atoms with Gasteiger partial charge in [0.15, 0.2) is 0 Å². The molecule has 1 aliphatic heterocycles. The van der Waals surface area contributed by atoms with Gasteiger partial charge in [0.2, 0.25) is 0 Å². The van der Waals surface area contributed by atoms with Gasteiger partial charge < -0.3 is 10.6 Å². The molecule has 1 aromatic carbocycles. The number of primary amides is 1. The number of carbonyl (C=O) groups is 2. The summed E-state index contributed by atoms with van der Waals surface area (Å²) in [7, 11) is 0. The van der Waals surface area contributed by atoms with Gasteiger partial charge in [0.05, 0.1) is 10.0 Å². The molecule has 0 radical (unpaired) electrons. The van der Waals surface area contributed by atoms with E-state index in [1.54, 1.807) is 6.07 Å². The molecule has 7 heteroatoms. The van der Waals surface area contributed by atoms with E-state index >= 15 is 0 Å². The molecule has 21 heavy (non-hydrogen) atoms. The van der Waals surface area contributed by atoms with Crippen molar-refractivity contribution in [1.82, 2.24) is 9.80 Å². The van der Waals surface area contributed by atoms with Gasteiger partial charge in [-0.05, 0) is 24.1 Å². The van der Waals surface area contributed by atoms with Crippen molar-refractivity contribution in [2.75, 3.05) is 32.7 Å². The van der Waals surface area contributed by atoms with Crippen molar-refractivity contribution >= 4 is 35.0 Å². The summed E-state index contributed by atoms with van der Waals surface area (Å²) < 4.78 is 0. The molecule has 2 amide bonds. The van der Waals surface area contributed by atoms with E-state index in [4.69, 9.17) is 28.9 Å². The summed E-state index contributed by atoms with van der Waals surface area (Å²) in [6, 6.07) is 5.63. The number of hydrogen-bond acceptors (Lipinski definition) is 3. The monoisotopic (exact) mass is 329 g/mol. The third-order valence-electron chi connectivity index (χ3n) is 3.57. The molecule has 2 N–H and O–H groups in total. The molecule has 0 atom stereocenters. The van der Waals surface area contributed by atoms with Gasteiger partial charge in [-0.15, -0.1) is 0 Å². The zero-order valence-corrected chi connectivity index (χ0v) is 13.0. The van der Waals surface area contributed by atoms with Gasteiger partial charge >= 0.3 is 11.8 Å². The highest BCUT2D eigenvalue weighted by Crippen LogP contribution is 2.22. The average molecular weight is 330 g/mol. The Morgan fingerprint density at radius 3 is 2.33 bits per heavy atom. The van der Waals surface area contributed by atoms with E-state index in [0.29, 0.717) is 23.1 Å². The lowest BCUT2D eigenvalue weighted by Gasteiger charge is -2.34. The first-order chi connectivity index (χ1) is 9.97. The molecule has 1 saturated heterocycles. The van der Waals surface area contributed by atoms with Crippen molar-refractivity contribution in [3.05, 3.63) is 33.8 Å². The predicted octanol–water partition coefficient (Wildman–Crippen LogP) is 1.17. The van der Waals surface area contributed by atoms with Crippen LogP contribution in [0.5, 0.6) is 0 Å². The van der Waals surface area contributed by atoms with E-state index in [-0.39, 0.29) is 0 Å². The highest BCUT2D eigenvalue weighted by Gasteiger charge is 2.23. The second-order valence-corrected chi connectivity index (χ2v) is 5.81. The van der Waals surface area contributed by atoms with Crippen LogP contribution in [0.15, 0.2) is 18.2 Å². The largest absolute Gasteiger partial charge is 0.361 e. The van der Waals surface area contributed by atoms with E-state index in [2.05, 4.69) is 4.90 Å². The summed E-state index contributed by atoms with van der Waals surface area (Å²) in [6.07, 6.45) is 0.862. The summed E-state index contributed by atoms with van der Waals surface area (Å²) in [5.74, 6) is -1.49. The SMILES string of the molecule is NC(=O)C(=O)N1CCN(CCc2ccc(Cl)c(Cl)c2)CC1. The van der Waals surface area contributed by atoms with Crippen LogP contribution in [0, 0.1) is 0 Å². The molecule has 1 aliphatic rings. The van der Waals surface area contributed by atoms with Gasteiger partial charge in [-0.3, -0.25) is 14.5 Å². The number of amides is 2. The molecule has 0 aliphatic carbocycles. The zero-order valence-electron chi connectivity index (χ0n) is 11.5. The summed E-state index contributed by atoms with van der Waals surface area (Å²) in [4.78, 5) is 26.0. The lowest BCUT2D eigenvalue weighted by Crippen LogP contribution is -2.52. The topological polar surface area (TPSA) is 66.6 Å². The Bertz CT molecular complexity index is 543. The van der Waals surface area contributed by atoms with Crippen molar-refractivity contribution < 1.29 is 9.59 Å². The Morgan fingerprint density at radius 2 is 1.76 bits per heavy atom. The second kappa shape index (κ2) is 7.11. The maximum absolute atomic E-state index is 11.5. The van der Waals surface area contributed by atoms with Gasteiger partial charge in [-0.1, -0.05) is 29.3 Å². The van der Waals surface area contributed by atoms with Crippen LogP contribution in [-0.2, 0) is 16.0 Å². The standard InChI is InChI=1S/C14H17Cl2N3O2/c15-11-2-1-10(9-12(11)16)3-4-18-5-7-19(8-6-18)14(21)13(17)20/h1-2,9H,3-8H2,(H2,17,20). The summed E-state index contributed by atoms with van der Waals surface area (Å²) in [5.41, 5.74) is 6.12. The van der Waals surface area contributed by atoms with Crippen molar-refractivity contribution in [2.24, 2.45) is 5.73 Å². The predicted molar refractivity (Wildman–Crippen MR) is 82.4 cm³/mol. The number of piperazine rings is 1. The molecular weight excluding hydrogens is 313 g/mol. The quantitative estimate of drug-likeness (QED) is 0.846. The van der Waals surface area contributed by atoms with Crippen molar-refractivity contribution in [3.63, 3.8) is 0 Å². The van der Waals surface area contributed by atoms with Crippen LogP contribution in [0.1, 0.15) is 5.56 Å². The zero-order chi connectivity index (χ0) is 15.4. The van der Waals surface area contributed by atoms with Gasteiger partial charge in [0.25, 0.3) is 0 Å². The number of nitrogens with zero attached hydrogens (tertiary/aromatic N) is 2. The highest BCUT2D eigenvalue weighted by atomic mass is 35.5. The first-order valence-electron chi connectivity index (χ1n) is 6.72. The molecule has 5 nitrogen and oxygen atoms in total. The fraction of sp³-hybridized carbons (Fsp3) is 0.429. The third-order valence-corrected chi connectivity index (χ3v) is 4.31.